The highest BCUT2D eigenvalue weighted by atomic mass is 32.2. The highest BCUT2D eigenvalue weighted by molar-refractivity contribution is 8.02. The molecular weight excluding hydrogens is 180 g/mol. The van der Waals surface area contributed by atoms with E-state index >= 15 is 0 Å². The van der Waals surface area contributed by atoms with E-state index in [-0.39, 0.29) is 0 Å². The molecule has 0 aromatic carbocycles. The van der Waals surface area contributed by atoms with E-state index in [1.807, 2.05) is 39.5 Å². The maximum Gasteiger partial charge on any atom is 0.0774 e. The molecule has 1 nitrogen and oxygen atoms in total. The van der Waals surface area contributed by atoms with Gasteiger partial charge in [0, 0.05) is 4.91 Å². The van der Waals surface area contributed by atoms with Crippen LogP contribution >= 0.6 is 11.8 Å². The van der Waals surface area contributed by atoms with Gasteiger partial charge in [0.1, 0.15) is 0 Å². The largest absolute Gasteiger partial charge is 0.376 e. The predicted octanol–water partition coefficient (Wildman–Crippen LogP) is 4.10. The zero-order valence-corrected chi connectivity index (χ0v) is 10.8. The minimum absolute atomic E-state index is 0.840. The second-order valence-corrected chi connectivity index (χ2v) is 3.11. The van der Waals surface area contributed by atoms with Crippen LogP contribution in [0.5, 0.6) is 0 Å². The van der Waals surface area contributed by atoms with Gasteiger partial charge in [-0.1, -0.05) is 33.3 Å². The molecule has 0 atom stereocenters. The van der Waals surface area contributed by atoms with Crippen LogP contribution in [0.4, 0.5) is 0 Å². The van der Waals surface area contributed by atoms with Gasteiger partial charge >= 0.3 is 0 Å². The van der Waals surface area contributed by atoms with Crippen molar-refractivity contribution in [3.8, 4) is 0 Å². The van der Waals surface area contributed by atoms with E-state index in [0.29, 0.717) is 0 Å². The molecule has 0 aromatic rings. The average Bonchev–Trinajstić information content (AvgIpc) is 2.24. The third-order valence-electron chi connectivity index (χ3n) is 1.58. The van der Waals surface area contributed by atoms with Crippen LogP contribution in [0.25, 0.3) is 0 Å². The molecule has 0 amide bonds. The SMILES string of the molecule is CC.CC.CSC1=C(C)CCOC1. The first-order chi connectivity index (χ1) is 6.34. The summed E-state index contributed by atoms with van der Waals surface area (Å²) in [6.45, 7) is 11.9. The summed E-state index contributed by atoms with van der Waals surface area (Å²) in [6.07, 6.45) is 3.23. The topological polar surface area (TPSA) is 9.23 Å². The lowest BCUT2D eigenvalue weighted by atomic mass is 10.2. The molecular formula is C11H24OS. The Labute approximate surface area is 87.9 Å². The van der Waals surface area contributed by atoms with Crippen molar-refractivity contribution in [2.24, 2.45) is 0 Å². The van der Waals surface area contributed by atoms with Crippen molar-refractivity contribution in [3.05, 3.63) is 10.5 Å². The van der Waals surface area contributed by atoms with Crippen LogP contribution in [-0.4, -0.2) is 19.5 Å². The number of thioether (sulfide) groups is 1. The van der Waals surface area contributed by atoms with Crippen molar-refractivity contribution < 1.29 is 4.74 Å². The van der Waals surface area contributed by atoms with E-state index in [1.165, 1.54) is 10.5 Å². The highest BCUT2D eigenvalue weighted by Crippen LogP contribution is 2.22. The normalized spacial score (nSPS) is 15.2. The molecule has 13 heavy (non-hydrogen) atoms. The van der Waals surface area contributed by atoms with E-state index in [1.54, 1.807) is 0 Å². The first-order valence-electron chi connectivity index (χ1n) is 5.15. The molecule has 1 aliphatic heterocycles. The molecule has 0 aromatic heterocycles. The molecule has 0 bridgehead atoms. The Hall–Kier alpha value is 0.0500. The fourth-order valence-corrected chi connectivity index (χ4v) is 1.54. The molecule has 80 valence electrons. The molecule has 1 aliphatic rings. The zero-order valence-electron chi connectivity index (χ0n) is 9.94. The number of rotatable bonds is 1. The fraction of sp³-hybridized carbons (Fsp3) is 0.818. The van der Waals surface area contributed by atoms with Crippen LogP contribution in [0.1, 0.15) is 41.0 Å². The van der Waals surface area contributed by atoms with Gasteiger partial charge in [-0.05, 0) is 19.6 Å². The number of ether oxygens (including phenoxy) is 1. The average molecular weight is 204 g/mol. The van der Waals surface area contributed by atoms with Gasteiger partial charge in [-0.3, -0.25) is 0 Å². The second kappa shape index (κ2) is 12.0. The van der Waals surface area contributed by atoms with Gasteiger partial charge in [0.25, 0.3) is 0 Å². The Morgan fingerprint density at radius 2 is 1.69 bits per heavy atom. The van der Waals surface area contributed by atoms with Crippen molar-refractivity contribution in [2.75, 3.05) is 19.5 Å². The zero-order chi connectivity index (χ0) is 10.7. The molecule has 0 unspecified atom stereocenters. The van der Waals surface area contributed by atoms with Crippen LogP contribution in [-0.2, 0) is 4.74 Å². The summed E-state index contributed by atoms with van der Waals surface area (Å²) >= 11 is 1.81. The summed E-state index contributed by atoms with van der Waals surface area (Å²) in [5, 5.41) is 0. The quantitative estimate of drug-likeness (QED) is 0.636. The minimum atomic E-state index is 0.840. The lowest BCUT2D eigenvalue weighted by Crippen LogP contribution is -2.07. The van der Waals surface area contributed by atoms with Crippen LogP contribution < -0.4 is 0 Å². The van der Waals surface area contributed by atoms with Gasteiger partial charge in [0.15, 0.2) is 0 Å². The fourth-order valence-electron chi connectivity index (χ4n) is 0.886. The Morgan fingerprint density at radius 3 is 2.00 bits per heavy atom. The Morgan fingerprint density at radius 1 is 1.15 bits per heavy atom. The molecule has 2 heteroatoms. The maximum atomic E-state index is 5.26. The molecule has 0 saturated heterocycles. The lowest BCUT2D eigenvalue weighted by Gasteiger charge is -2.15. The van der Waals surface area contributed by atoms with E-state index in [4.69, 9.17) is 4.74 Å². The Balaban J connectivity index is 0. The smallest absolute Gasteiger partial charge is 0.0774 e. The summed E-state index contributed by atoms with van der Waals surface area (Å²) in [7, 11) is 0. The van der Waals surface area contributed by atoms with Gasteiger partial charge in [0.2, 0.25) is 0 Å². The molecule has 0 radical (unpaired) electrons. The van der Waals surface area contributed by atoms with Gasteiger partial charge in [-0.2, -0.15) is 0 Å². The van der Waals surface area contributed by atoms with Crippen molar-refractivity contribution >= 4 is 11.8 Å². The summed E-state index contributed by atoms with van der Waals surface area (Å²) in [5.74, 6) is 0. The van der Waals surface area contributed by atoms with Crippen molar-refractivity contribution in [2.45, 2.75) is 41.0 Å². The third kappa shape index (κ3) is 7.15. The molecule has 1 rings (SSSR count). The van der Waals surface area contributed by atoms with E-state index in [0.717, 1.165) is 19.6 Å². The summed E-state index contributed by atoms with van der Waals surface area (Å²) in [6, 6.07) is 0. The van der Waals surface area contributed by atoms with Crippen LogP contribution in [0.3, 0.4) is 0 Å². The van der Waals surface area contributed by atoms with Gasteiger partial charge in [0.05, 0.1) is 13.2 Å². The first-order valence-corrected chi connectivity index (χ1v) is 6.37. The standard InChI is InChI=1S/C7H12OS.2C2H6/c1-6-3-4-8-5-7(6)9-2;2*1-2/h3-5H2,1-2H3;2*1-2H3. The van der Waals surface area contributed by atoms with Gasteiger partial charge < -0.3 is 4.74 Å². The van der Waals surface area contributed by atoms with Crippen molar-refractivity contribution in [1.29, 1.82) is 0 Å². The summed E-state index contributed by atoms with van der Waals surface area (Å²) < 4.78 is 5.26. The third-order valence-corrected chi connectivity index (χ3v) is 2.54. The van der Waals surface area contributed by atoms with Crippen LogP contribution in [0.2, 0.25) is 0 Å². The predicted molar refractivity (Wildman–Crippen MR) is 64.3 cm³/mol. The second-order valence-electron chi connectivity index (χ2n) is 2.21. The van der Waals surface area contributed by atoms with Crippen LogP contribution in [0.15, 0.2) is 10.5 Å². The van der Waals surface area contributed by atoms with E-state index in [2.05, 4.69) is 13.2 Å². The minimum Gasteiger partial charge on any atom is -0.376 e. The van der Waals surface area contributed by atoms with Crippen molar-refractivity contribution in [3.63, 3.8) is 0 Å². The van der Waals surface area contributed by atoms with E-state index < -0.39 is 0 Å². The van der Waals surface area contributed by atoms with Crippen LogP contribution in [0, 0.1) is 0 Å². The van der Waals surface area contributed by atoms with Gasteiger partial charge in [-0.25, -0.2) is 0 Å². The lowest BCUT2D eigenvalue weighted by molar-refractivity contribution is 0.152. The van der Waals surface area contributed by atoms with E-state index in [9.17, 15) is 0 Å². The summed E-state index contributed by atoms with van der Waals surface area (Å²) in [5.41, 5.74) is 1.51. The molecule has 1 heterocycles. The molecule has 0 spiro atoms. The monoisotopic (exact) mass is 204 g/mol. The van der Waals surface area contributed by atoms with Gasteiger partial charge in [-0.15, -0.1) is 11.8 Å². The molecule has 0 N–H and O–H groups in total. The first kappa shape index (κ1) is 15.5. The number of hydrogen-bond acceptors (Lipinski definition) is 2. The maximum absolute atomic E-state index is 5.26. The Kier molecular flexibility index (Phi) is 14.4. The molecule has 0 aliphatic carbocycles. The van der Waals surface area contributed by atoms with Crippen molar-refractivity contribution in [1.82, 2.24) is 0 Å². The Bertz CT molecular complexity index is 130. The highest BCUT2D eigenvalue weighted by Gasteiger charge is 2.06. The molecule has 0 saturated carbocycles. The summed E-state index contributed by atoms with van der Waals surface area (Å²) in [4.78, 5) is 1.42. The number of hydrogen-bond donors (Lipinski definition) is 0. The molecule has 0 fully saturated rings.